The van der Waals surface area contributed by atoms with Crippen LogP contribution in [0.15, 0.2) is 18.2 Å². The summed E-state index contributed by atoms with van der Waals surface area (Å²) < 4.78 is 18.6. The monoisotopic (exact) mass is 286 g/mol. The van der Waals surface area contributed by atoms with Gasteiger partial charge in [0, 0.05) is 0 Å². The quantitative estimate of drug-likeness (QED) is 0.861. The number of carbonyl (C=O) groups is 2. The third kappa shape index (κ3) is 2.85. The van der Waals surface area contributed by atoms with E-state index in [1.807, 2.05) is 0 Å². The maximum atomic E-state index is 13.6. The van der Waals surface area contributed by atoms with Crippen LogP contribution in [-0.2, 0) is 9.53 Å². The molecule has 0 atom stereocenters. The Hall–Kier alpha value is -1.66. The highest BCUT2D eigenvalue weighted by molar-refractivity contribution is 6.33. The van der Waals surface area contributed by atoms with Crippen molar-refractivity contribution >= 4 is 23.4 Å². The fourth-order valence-electron chi connectivity index (χ4n) is 1.92. The largest absolute Gasteiger partial charge is 0.376 e. The summed E-state index contributed by atoms with van der Waals surface area (Å²) in [6.45, 7) is 0.321. The fourth-order valence-corrected chi connectivity index (χ4v) is 2.17. The first-order chi connectivity index (χ1) is 8.93. The maximum absolute atomic E-state index is 13.6. The molecule has 19 heavy (non-hydrogen) atoms. The molecule has 1 heterocycles. The number of hydrogen-bond donors (Lipinski definition) is 2. The van der Waals surface area contributed by atoms with Gasteiger partial charge in [0.15, 0.2) is 0 Å². The van der Waals surface area contributed by atoms with Crippen molar-refractivity contribution in [3.05, 3.63) is 34.6 Å². The van der Waals surface area contributed by atoms with Crippen LogP contribution in [0.25, 0.3) is 0 Å². The number of rotatable bonds is 4. The lowest BCUT2D eigenvalue weighted by Gasteiger charge is -2.41. The highest BCUT2D eigenvalue weighted by Gasteiger charge is 2.42. The van der Waals surface area contributed by atoms with Crippen molar-refractivity contribution in [2.75, 3.05) is 13.2 Å². The summed E-state index contributed by atoms with van der Waals surface area (Å²) in [6, 6.07) is 3.95. The molecule has 0 aliphatic carbocycles. The van der Waals surface area contributed by atoms with Crippen LogP contribution in [0.4, 0.5) is 4.39 Å². The minimum Gasteiger partial charge on any atom is -0.376 e. The molecule has 0 bridgehead atoms. The number of hydrogen-bond acceptors (Lipinski definition) is 3. The van der Waals surface area contributed by atoms with Crippen LogP contribution in [0.3, 0.4) is 0 Å². The second-order valence-electron chi connectivity index (χ2n) is 4.47. The van der Waals surface area contributed by atoms with Gasteiger partial charge in [0.2, 0.25) is 5.91 Å². The van der Waals surface area contributed by atoms with Gasteiger partial charge in [-0.3, -0.25) is 9.59 Å². The second kappa shape index (κ2) is 5.14. The minimum absolute atomic E-state index is 0.00645. The van der Waals surface area contributed by atoms with E-state index in [4.69, 9.17) is 22.1 Å². The van der Waals surface area contributed by atoms with Gasteiger partial charge in [-0.1, -0.05) is 17.7 Å². The minimum atomic E-state index is -0.867. The standard InChI is InChI=1S/C12H12ClFN2O3/c13-7-2-1-3-8(14)10(7)11(18)16-12(4-9(15)17)5-19-6-12/h1-3H,4-6H2,(H2,15,17)(H,16,18). The zero-order valence-electron chi connectivity index (χ0n) is 9.91. The van der Waals surface area contributed by atoms with Crippen molar-refractivity contribution in [1.82, 2.24) is 5.32 Å². The van der Waals surface area contributed by atoms with Gasteiger partial charge < -0.3 is 15.8 Å². The van der Waals surface area contributed by atoms with Crippen molar-refractivity contribution in [1.29, 1.82) is 0 Å². The molecule has 1 aliphatic heterocycles. The second-order valence-corrected chi connectivity index (χ2v) is 4.87. The van der Waals surface area contributed by atoms with Crippen LogP contribution in [0.1, 0.15) is 16.8 Å². The van der Waals surface area contributed by atoms with Crippen molar-refractivity contribution in [2.24, 2.45) is 5.73 Å². The zero-order valence-corrected chi connectivity index (χ0v) is 10.7. The average Bonchev–Trinajstić information content (AvgIpc) is 2.25. The fraction of sp³-hybridized carbons (Fsp3) is 0.333. The van der Waals surface area contributed by atoms with Gasteiger partial charge in [-0.05, 0) is 12.1 Å². The number of primary amides is 1. The van der Waals surface area contributed by atoms with Gasteiger partial charge in [-0.25, -0.2) is 4.39 Å². The van der Waals surface area contributed by atoms with E-state index in [9.17, 15) is 14.0 Å². The van der Waals surface area contributed by atoms with E-state index < -0.39 is 23.2 Å². The van der Waals surface area contributed by atoms with E-state index in [-0.39, 0.29) is 30.2 Å². The molecule has 7 heteroatoms. The normalized spacial score (nSPS) is 16.5. The average molecular weight is 287 g/mol. The van der Waals surface area contributed by atoms with Crippen LogP contribution in [0.5, 0.6) is 0 Å². The summed E-state index contributed by atoms with van der Waals surface area (Å²) in [5.74, 6) is -1.98. The van der Waals surface area contributed by atoms with Crippen molar-refractivity contribution in [3.63, 3.8) is 0 Å². The summed E-state index contributed by atoms with van der Waals surface area (Å²) in [5, 5.41) is 2.58. The summed E-state index contributed by atoms with van der Waals surface area (Å²) in [6.07, 6.45) is -0.0647. The van der Waals surface area contributed by atoms with Crippen molar-refractivity contribution < 1.29 is 18.7 Å². The first-order valence-electron chi connectivity index (χ1n) is 5.56. The topological polar surface area (TPSA) is 81.4 Å². The third-order valence-corrected chi connectivity index (χ3v) is 3.15. The Labute approximate surface area is 113 Å². The molecule has 1 fully saturated rings. The summed E-state index contributed by atoms with van der Waals surface area (Å²) >= 11 is 5.80. The molecule has 0 radical (unpaired) electrons. The lowest BCUT2D eigenvalue weighted by Crippen LogP contribution is -2.63. The molecule has 0 aromatic heterocycles. The number of nitrogens with one attached hydrogen (secondary N) is 1. The molecule has 2 amide bonds. The molecule has 1 saturated heterocycles. The zero-order chi connectivity index (χ0) is 14.0. The highest BCUT2D eigenvalue weighted by atomic mass is 35.5. The number of ether oxygens (including phenoxy) is 1. The molecule has 1 aromatic carbocycles. The molecular weight excluding hydrogens is 275 g/mol. The van der Waals surface area contributed by atoms with E-state index in [0.717, 1.165) is 6.07 Å². The van der Waals surface area contributed by atoms with Crippen LogP contribution in [0, 0.1) is 5.82 Å². The molecule has 0 saturated carbocycles. The Morgan fingerprint density at radius 2 is 2.16 bits per heavy atom. The lowest BCUT2D eigenvalue weighted by atomic mass is 9.92. The molecule has 2 rings (SSSR count). The van der Waals surface area contributed by atoms with Crippen molar-refractivity contribution in [3.8, 4) is 0 Å². The third-order valence-electron chi connectivity index (χ3n) is 2.84. The van der Waals surface area contributed by atoms with E-state index >= 15 is 0 Å². The first-order valence-corrected chi connectivity index (χ1v) is 5.94. The van der Waals surface area contributed by atoms with Crippen LogP contribution in [0.2, 0.25) is 5.02 Å². The molecular formula is C12H12ClFN2O3. The first kappa shape index (κ1) is 13.8. The summed E-state index contributed by atoms with van der Waals surface area (Å²) in [5.41, 5.74) is 4.00. The van der Waals surface area contributed by atoms with Gasteiger partial charge >= 0.3 is 0 Å². The van der Waals surface area contributed by atoms with Gasteiger partial charge in [-0.2, -0.15) is 0 Å². The van der Waals surface area contributed by atoms with Gasteiger partial charge in [-0.15, -0.1) is 0 Å². The molecule has 5 nitrogen and oxygen atoms in total. The number of carbonyl (C=O) groups excluding carboxylic acids is 2. The Balaban J connectivity index is 2.19. The highest BCUT2D eigenvalue weighted by Crippen LogP contribution is 2.24. The van der Waals surface area contributed by atoms with E-state index in [0.29, 0.717) is 0 Å². The Bertz CT molecular complexity index is 511. The molecule has 1 aliphatic rings. The molecule has 102 valence electrons. The Kier molecular flexibility index (Phi) is 3.73. The van der Waals surface area contributed by atoms with E-state index in [1.54, 1.807) is 0 Å². The number of benzene rings is 1. The van der Waals surface area contributed by atoms with Gasteiger partial charge in [0.25, 0.3) is 5.91 Å². The van der Waals surface area contributed by atoms with E-state index in [1.165, 1.54) is 12.1 Å². The SMILES string of the molecule is NC(=O)CC1(NC(=O)c2c(F)cccc2Cl)COC1. The smallest absolute Gasteiger partial charge is 0.256 e. The van der Waals surface area contributed by atoms with Crippen molar-refractivity contribution in [2.45, 2.75) is 12.0 Å². The molecule has 0 unspecified atom stereocenters. The summed E-state index contributed by atoms with van der Waals surface area (Å²) in [7, 11) is 0. The lowest BCUT2D eigenvalue weighted by molar-refractivity contribution is -0.127. The van der Waals surface area contributed by atoms with Gasteiger partial charge in [0.1, 0.15) is 5.82 Å². The maximum Gasteiger partial charge on any atom is 0.256 e. The van der Waals surface area contributed by atoms with Crippen LogP contribution < -0.4 is 11.1 Å². The van der Waals surface area contributed by atoms with Crippen LogP contribution >= 0.6 is 11.6 Å². The molecule has 1 aromatic rings. The van der Waals surface area contributed by atoms with E-state index in [2.05, 4.69) is 5.32 Å². The number of amides is 2. The number of nitrogens with two attached hydrogens (primary N) is 1. The van der Waals surface area contributed by atoms with Gasteiger partial charge in [0.05, 0.1) is 35.8 Å². The predicted octanol–water partition coefficient (Wildman–Crippen LogP) is 0.853. The Morgan fingerprint density at radius 3 is 2.63 bits per heavy atom. The number of halogens is 2. The molecule has 0 spiro atoms. The summed E-state index contributed by atoms with van der Waals surface area (Å²) in [4.78, 5) is 23.0. The molecule has 3 N–H and O–H groups in total. The Morgan fingerprint density at radius 1 is 1.47 bits per heavy atom. The van der Waals surface area contributed by atoms with Crippen LogP contribution in [-0.4, -0.2) is 30.6 Å². The predicted molar refractivity (Wildman–Crippen MR) is 66.2 cm³/mol.